The highest BCUT2D eigenvalue weighted by atomic mass is 35.5. The summed E-state index contributed by atoms with van der Waals surface area (Å²) in [4.78, 5) is -0.501. The van der Waals surface area contributed by atoms with E-state index in [-0.39, 0.29) is 5.41 Å². The van der Waals surface area contributed by atoms with Gasteiger partial charge < -0.3 is 4.74 Å². The van der Waals surface area contributed by atoms with Crippen molar-refractivity contribution in [1.29, 1.82) is 0 Å². The van der Waals surface area contributed by atoms with Crippen LogP contribution in [0.1, 0.15) is 44.4 Å². The molecule has 0 amide bonds. The standard InChI is InChI=1S/C17H24ClOSi/c1-7-8-19-15-13(16(3,4)5)9-12(2)10-14(15)17(6,18)11-20/h7,9-10H,1,8,11H2,2-6H3. The molecule has 20 heavy (non-hydrogen) atoms. The van der Waals surface area contributed by atoms with Crippen LogP contribution in [0.15, 0.2) is 24.8 Å². The summed E-state index contributed by atoms with van der Waals surface area (Å²) in [5.41, 5.74) is 3.40. The van der Waals surface area contributed by atoms with Crippen molar-refractivity contribution in [2.24, 2.45) is 0 Å². The number of halogens is 1. The van der Waals surface area contributed by atoms with Gasteiger partial charge in [-0.25, -0.2) is 0 Å². The topological polar surface area (TPSA) is 9.23 Å². The van der Waals surface area contributed by atoms with Crippen LogP contribution in [-0.4, -0.2) is 16.8 Å². The summed E-state index contributed by atoms with van der Waals surface area (Å²) in [7, 11) is 3.55. The molecule has 0 saturated heterocycles. The Balaban J connectivity index is 3.56. The number of rotatable bonds is 5. The van der Waals surface area contributed by atoms with E-state index >= 15 is 0 Å². The maximum absolute atomic E-state index is 6.67. The summed E-state index contributed by atoms with van der Waals surface area (Å²) < 4.78 is 5.96. The van der Waals surface area contributed by atoms with Gasteiger partial charge in [-0.15, -0.1) is 11.6 Å². The second kappa shape index (κ2) is 6.36. The van der Waals surface area contributed by atoms with Gasteiger partial charge in [0.25, 0.3) is 0 Å². The SMILES string of the molecule is C=CCOc1c(C(C)(C)C)cc(C)cc1C(C)(Cl)C[Si]. The van der Waals surface area contributed by atoms with E-state index in [0.717, 1.165) is 11.3 Å². The van der Waals surface area contributed by atoms with Crippen LogP contribution in [0.5, 0.6) is 5.75 Å². The predicted molar refractivity (Wildman–Crippen MR) is 89.3 cm³/mol. The number of hydrogen-bond donors (Lipinski definition) is 0. The minimum atomic E-state index is -0.501. The Bertz CT molecular complexity index is 486. The third kappa shape index (κ3) is 3.89. The summed E-state index contributed by atoms with van der Waals surface area (Å²) in [5, 5.41) is 0. The van der Waals surface area contributed by atoms with Crippen molar-refractivity contribution in [2.45, 2.75) is 51.0 Å². The van der Waals surface area contributed by atoms with Gasteiger partial charge in [-0.2, -0.15) is 0 Å². The van der Waals surface area contributed by atoms with Gasteiger partial charge >= 0.3 is 0 Å². The third-order valence-electron chi connectivity index (χ3n) is 3.28. The molecule has 0 spiro atoms. The molecule has 1 rings (SSSR count). The summed E-state index contributed by atoms with van der Waals surface area (Å²) in [5.74, 6) is 0.888. The average molecular weight is 308 g/mol. The fourth-order valence-corrected chi connectivity index (χ4v) is 2.44. The van der Waals surface area contributed by atoms with Crippen LogP contribution in [0.2, 0.25) is 6.04 Å². The van der Waals surface area contributed by atoms with E-state index in [1.54, 1.807) is 6.08 Å². The van der Waals surface area contributed by atoms with Gasteiger partial charge in [0.1, 0.15) is 12.4 Å². The van der Waals surface area contributed by atoms with E-state index in [4.69, 9.17) is 16.3 Å². The van der Waals surface area contributed by atoms with E-state index < -0.39 is 4.87 Å². The Hall–Kier alpha value is -0.733. The van der Waals surface area contributed by atoms with Crippen molar-refractivity contribution in [3.05, 3.63) is 41.5 Å². The van der Waals surface area contributed by atoms with Crippen LogP contribution in [-0.2, 0) is 10.3 Å². The first kappa shape index (κ1) is 17.3. The van der Waals surface area contributed by atoms with Gasteiger partial charge in [0.2, 0.25) is 0 Å². The molecule has 0 heterocycles. The van der Waals surface area contributed by atoms with Crippen LogP contribution in [0.4, 0.5) is 0 Å². The fourth-order valence-electron chi connectivity index (χ4n) is 2.11. The van der Waals surface area contributed by atoms with E-state index in [2.05, 4.69) is 56.6 Å². The van der Waals surface area contributed by atoms with E-state index in [1.807, 2.05) is 6.92 Å². The van der Waals surface area contributed by atoms with Crippen LogP contribution < -0.4 is 4.74 Å². The number of alkyl halides is 1. The van der Waals surface area contributed by atoms with E-state index in [0.29, 0.717) is 12.7 Å². The minimum Gasteiger partial charge on any atom is -0.489 e. The van der Waals surface area contributed by atoms with Crippen molar-refractivity contribution in [2.75, 3.05) is 6.61 Å². The molecule has 0 aliphatic heterocycles. The normalized spacial score (nSPS) is 14.8. The zero-order chi connectivity index (χ0) is 15.6. The van der Waals surface area contributed by atoms with Gasteiger partial charge in [0, 0.05) is 21.4 Å². The lowest BCUT2D eigenvalue weighted by atomic mass is 9.82. The number of aryl methyl sites for hydroxylation is 1. The lowest BCUT2D eigenvalue weighted by Crippen LogP contribution is -2.20. The predicted octanol–water partition coefficient (Wildman–Crippen LogP) is 4.90. The van der Waals surface area contributed by atoms with Crippen LogP contribution in [0.3, 0.4) is 0 Å². The first-order chi connectivity index (χ1) is 9.13. The molecule has 1 nitrogen and oxygen atoms in total. The van der Waals surface area contributed by atoms with Crippen molar-refractivity contribution in [3.8, 4) is 5.75 Å². The molecule has 0 aliphatic carbocycles. The molecule has 1 unspecified atom stereocenters. The zero-order valence-corrected chi connectivity index (χ0v) is 14.9. The van der Waals surface area contributed by atoms with Crippen molar-refractivity contribution < 1.29 is 4.74 Å². The van der Waals surface area contributed by atoms with Crippen molar-refractivity contribution >= 4 is 21.8 Å². The molecule has 1 atom stereocenters. The van der Waals surface area contributed by atoms with Crippen molar-refractivity contribution in [3.63, 3.8) is 0 Å². The molecule has 1 aromatic rings. The van der Waals surface area contributed by atoms with Crippen LogP contribution >= 0.6 is 11.6 Å². The molecule has 0 N–H and O–H groups in total. The average Bonchev–Trinajstić information content (AvgIpc) is 2.35. The summed E-state index contributed by atoms with van der Waals surface area (Å²) in [6.45, 7) is 14.9. The lowest BCUT2D eigenvalue weighted by Gasteiger charge is -2.30. The monoisotopic (exact) mass is 307 g/mol. The van der Waals surface area contributed by atoms with Crippen LogP contribution in [0, 0.1) is 6.92 Å². The maximum atomic E-state index is 6.67. The van der Waals surface area contributed by atoms with Crippen LogP contribution in [0.25, 0.3) is 0 Å². The third-order valence-corrected chi connectivity index (χ3v) is 4.55. The maximum Gasteiger partial charge on any atom is 0.128 e. The summed E-state index contributed by atoms with van der Waals surface area (Å²) >= 11 is 6.67. The number of hydrogen-bond acceptors (Lipinski definition) is 1. The highest BCUT2D eigenvalue weighted by Gasteiger charge is 2.30. The largest absolute Gasteiger partial charge is 0.489 e. The second-order valence-corrected chi connectivity index (χ2v) is 7.60. The Labute approximate surface area is 131 Å². The molecule has 0 saturated carbocycles. The first-order valence-electron chi connectivity index (χ1n) is 6.86. The van der Waals surface area contributed by atoms with Gasteiger partial charge in [-0.3, -0.25) is 0 Å². The Kier molecular flexibility index (Phi) is 5.51. The second-order valence-electron chi connectivity index (χ2n) is 6.41. The lowest BCUT2D eigenvalue weighted by molar-refractivity contribution is 0.343. The fraction of sp³-hybridized carbons (Fsp3) is 0.529. The molecular weight excluding hydrogens is 284 g/mol. The first-order valence-corrected chi connectivity index (χ1v) is 7.95. The molecule has 0 fully saturated rings. The quantitative estimate of drug-likeness (QED) is 0.427. The molecular formula is C17H24ClOSi. The minimum absolute atomic E-state index is 0.00398. The highest BCUT2D eigenvalue weighted by molar-refractivity contribution is 6.28. The molecule has 0 aromatic heterocycles. The molecule has 3 heteroatoms. The van der Waals surface area contributed by atoms with Gasteiger partial charge in [-0.1, -0.05) is 51.1 Å². The van der Waals surface area contributed by atoms with E-state index in [1.165, 1.54) is 11.1 Å². The Morgan fingerprint density at radius 3 is 2.25 bits per heavy atom. The Morgan fingerprint density at radius 1 is 1.25 bits per heavy atom. The molecule has 1 aromatic carbocycles. The smallest absolute Gasteiger partial charge is 0.128 e. The molecule has 109 valence electrons. The Morgan fingerprint density at radius 2 is 1.80 bits per heavy atom. The summed E-state index contributed by atoms with van der Waals surface area (Å²) in [6.07, 6.45) is 1.76. The van der Waals surface area contributed by atoms with E-state index in [9.17, 15) is 0 Å². The van der Waals surface area contributed by atoms with Gasteiger partial charge in [-0.05, 0) is 25.3 Å². The van der Waals surface area contributed by atoms with Gasteiger partial charge in [0.05, 0.1) is 4.87 Å². The summed E-state index contributed by atoms with van der Waals surface area (Å²) in [6, 6.07) is 4.95. The zero-order valence-electron chi connectivity index (χ0n) is 13.1. The molecule has 0 bridgehead atoms. The number of benzene rings is 1. The number of ether oxygens (including phenoxy) is 1. The highest BCUT2D eigenvalue weighted by Crippen LogP contribution is 2.43. The van der Waals surface area contributed by atoms with Crippen molar-refractivity contribution in [1.82, 2.24) is 0 Å². The molecule has 0 aliphatic rings. The molecule has 3 radical (unpaired) electrons. The van der Waals surface area contributed by atoms with Gasteiger partial charge in [0.15, 0.2) is 0 Å².